The van der Waals surface area contributed by atoms with Crippen LogP contribution in [-0.2, 0) is 14.8 Å². The van der Waals surface area contributed by atoms with Crippen molar-refractivity contribution < 1.29 is 22.7 Å². The molecular formula is C20H26N2O5S. The Hall–Kier alpha value is -2.74. The van der Waals surface area contributed by atoms with E-state index in [1.165, 1.54) is 14.2 Å². The van der Waals surface area contributed by atoms with Gasteiger partial charge in [0.15, 0.2) is 0 Å². The number of nitrogens with zero attached hydrogens (tertiary/aromatic N) is 1. The van der Waals surface area contributed by atoms with E-state index in [0.29, 0.717) is 29.3 Å². The fourth-order valence-electron chi connectivity index (χ4n) is 2.94. The predicted octanol–water partition coefficient (Wildman–Crippen LogP) is 3.20. The van der Waals surface area contributed by atoms with Gasteiger partial charge >= 0.3 is 0 Å². The summed E-state index contributed by atoms with van der Waals surface area (Å²) in [5.41, 5.74) is 1.79. The van der Waals surface area contributed by atoms with Gasteiger partial charge in [0.2, 0.25) is 15.9 Å². The molecule has 0 radical (unpaired) electrons. The molecule has 1 atom stereocenters. The van der Waals surface area contributed by atoms with Crippen LogP contribution < -0.4 is 19.1 Å². The summed E-state index contributed by atoms with van der Waals surface area (Å²) in [6, 6.07) is 11.1. The Morgan fingerprint density at radius 2 is 1.86 bits per heavy atom. The van der Waals surface area contributed by atoms with Crippen molar-refractivity contribution in [3.8, 4) is 11.5 Å². The van der Waals surface area contributed by atoms with E-state index in [1.54, 1.807) is 43.3 Å². The van der Waals surface area contributed by atoms with Crippen molar-refractivity contribution in [1.29, 1.82) is 0 Å². The first-order chi connectivity index (χ1) is 13.2. The maximum atomic E-state index is 13.0. The molecule has 28 heavy (non-hydrogen) atoms. The molecule has 2 rings (SSSR count). The molecule has 0 aliphatic rings. The van der Waals surface area contributed by atoms with E-state index in [1.807, 2.05) is 13.0 Å². The average molecular weight is 407 g/mol. The molecule has 0 aliphatic carbocycles. The molecule has 0 saturated carbocycles. The fraction of sp³-hybridized carbons (Fsp3) is 0.350. The van der Waals surface area contributed by atoms with Gasteiger partial charge in [-0.1, -0.05) is 19.1 Å². The van der Waals surface area contributed by atoms with Crippen molar-refractivity contribution >= 4 is 27.3 Å². The maximum Gasteiger partial charge on any atom is 0.248 e. The summed E-state index contributed by atoms with van der Waals surface area (Å²) in [5, 5.41) is 2.78. The van der Waals surface area contributed by atoms with Crippen LogP contribution in [0, 0.1) is 6.92 Å². The van der Waals surface area contributed by atoms with Crippen LogP contribution in [0.2, 0.25) is 0 Å². The zero-order valence-corrected chi connectivity index (χ0v) is 17.5. The maximum absolute atomic E-state index is 13.0. The van der Waals surface area contributed by atoms with Crippen molar-refractivity contribution in [3.63, 3.8) is 0 Å². The number of rotatable bonds is 8. The normalized spacial score (nSPS) is 12.2. The number of amides is 1. The quantitative estimate of drug-likeness (QED) is 0.728. The van der Waals surface area contributed by atoms with Gasteiger partial charge in [0, 0.05) is 6.07 Å². The van der Waals surface area contributed by atoms with Gasteiger partial charge in [-0.3, -0.25) is 9.10 Å². The fourth-order valence-corrected chi connectivity index (χ4v) is 4.15. The van der Waals surface area contributed by atoms with Crippen LogP contribution in [0.5, 0.6) is 11.5 Å². The number of ether oxygens (including phenoxy) is 2. The molecule has 152 valence electrons. The third kappa shape index (κ3) is 4.95. The summed E-state index contributed by atoms with van der Waals surface area (Å²) >= 11 is 0. The number of aryl methyl sites for hydroxylation is 1. The van der Waals surface area contributed by atoms with Gasteiger partial charge in [-0.15, -0.1) is 0 Å². The number of hydrogen-bond acceptors (Lipinski definition) is 5. The molecule has 8 heteroatoms. The van der Waals surface area contributed by atoms with Crippen LogP contribution in [0.4, 0.5) is 11.4 Å². The van der Waals surface area contributed by atoms with Gasteiger partial charge in [0.1, 0.15) is 17.5 Å². The van der Waals surface area contributed by atoms with Gasteiger partial charge in [0.05, 0.1) is 31.9 Å². The van der Waals surface area contributed by atoms with Gasteiger partial charge in [-0.2, -0.15) is 0 Å². The molecule has 7 nitrogen and oxygen atoms in total. The predicted molar refractivity (Wildman–Crippen MR) is 111 cm³/mol. The Kier molecular flexibility index (Phi) is 6.90. The largest absolute Gasteiger partial charge is 0.497 e. The number of nitrogens with one attached hydrogen (secondary N) is 1. The second-order valence-corrected chi connectivity index (χ2v) is 8.24. The molecule has 0 fully saturated rings. The summed E-state index contributed by atoms with van der Waals surface area (Å²) in [6.07, 6.45) is 1.39. The summed E-state index contributed by atoms with van der Waals surface area (Å²) < 4.78 is 36.6. The highest BCUT2D eigenvalue weighted by molar-refractivity contribution is 7.92. The van der Waals surface area contributed by atoms with Crippen molar-refractivity contribution in [3.05, 3.63) is 48.0 Å². The van der Waals surface area contributed by atoms with Crippen LogP contribution >= 0.6 is 0 Å². The molecule has 2 aromatic carbocycles. The molecule has 0 aliphatic heterocycles. The lowest BCUT2D eigenvalue weighted by molar-refractivity contribution is -0.117. The van der Waals surface area contributed by atoms with Gasteiger partial charge in [-0.25, -0.2) is 8.42 Å². The minimum atomic E-state index is -3.69. The molecule has 1 amide bonds. The molecule has 0 bridgehead atoms. The molecular weight excluding hydrogens is 380 g/mol. The molecule has 1 N–H and O–H groups in total. The third-order valence-electron chi connectivity index (χ3n) is 4.25. The molecule has 0 heterocycles. The molecule has 0 spiro atoms. The van der Waals surface area contributed by atoms with Crippen LogP contribution in [0.1, 0.15) is 18.9 Å². The Morgan fingerprint density at radius 3 is 2.39 bits per heavy atom. The van der Waals surface area contributed by atoms with E-state index in [0.717, 1.165) is 16.1 Å². The Bertz CT molecular complexity index is 943. The van der Waals surface area contributed by atoms with E-state index >= 15 is 0 Å². The van der Waals surface area contributed by atoms with Crippen molar-refractivity contribution in [1.82, 2.24) is 0 Å². The molecule has 0 aromatic heterocycles. The van der Waals surface area contributed by atoms with Gasteiger partial charge in [-0.05, 0) is 43.2 Å². The number of carbonyl (C=O) groups is 1. The summed E-state index contributed by atoms with van der Waals surface area (Å²) in [4.78, 5) is 13.0. The topological polar surface area (TPSA) is 84.9 Å². The highest BCUT2D eigenvalue weighted by Gasteiger charge is 2.32. The zero-order chi connectivity index (χ0) is 20.9. The summed E-state index contributed by atoms with van der Waals surface area (Å²) in [6.45, 7) is 3.64. The first-order valence-electron chi connectivity index (χ1n) is 8.80. The Balaban J connectivity index is 2.40. The Labute approximate surface area is 166 Å². The molecule has 2 aromatic rings. The number of anilines is 2. The average Bonchev–Trinajstić information content (AvgIpc) is 2.65. The minimum absolute atomic E-state index is 0.297. The zero-order valence-electron chi connectivity index (χ0n) is 16.7. The lowest BCUT2D eigenvalue weighted by Crippen LogP contribution is -2.47. The first-order valence-corrected chi connectivity index (χ1v) is 10.6. The first kappa shape index (κ1) is 21.6. The van der Waals surface area contributed by atoms with Crippen LogP contribution in [-0.4, -0.2) is 40.8 Å². The van der Waals surface area contributed by atoms with E-state index in [-0.39, 0.29) is 0 Å². The number of carbonyl (C=O) groups excluding carboxylic acids is 1. The highest BCUT2D eigenvalue weighted by atomic mass is 32.2. The Morgan fingerprint density at radius 1 is 1.14 bits per heavy atom. The van der Waals surface area contributed by atoms with Crippen LogP contribution in [0.25, 0.3) is 0 Å². The number of methoxy groups -OCH3 is 2. The van der Waals surface area contributed by atoms with E-state index in [4.69, 9.17) is 9.47 Å². The highest BCUT2D eigenvalue weighted by Crippen LogP contribution is 2.30. The SMILES string of the molecule is CC[C@@H](C(=O)Nc1ccc(OC)cc1OC)N(c1cccc(C)c1)S(C)(=O)=O. The standard InChI is InChI=1S/C20H26N2O5S/c1-6-18(22(28(5,24)25)15-9-7-8-14(2)12-15)20(23)21-17-11-10-16(26-3)13-19(17)27-4/h7-13,18H,6H2,1-5H3,(H,21,23)/t18-/m0/s1. The second-order valence-electron chi connectivity index (χ2n) is 6.38. The molecule has 0 unspecified atom stereocenters. The van der Waals surface area contributed by atoms with Gasteiger partial charge < -0.3 is 14.8 Å². The molecule has 0 saturated heterocycles. The third-order valence-corrected chi connectivity index (χ3v) is 5.43. The number of hydrogen-bond donors (Lipinski definition) is 1. The summed E-state index contributed by atoms with van der Waals surface area (Å²) in [5.74, 6) is 0.557. The van der Waals surface area contributed by atoms with Crippen LogP contribution in [0.3, 0.4) is 0 Å². The number of sulfonamides is 1. The van der Waals surface area contributed by atoms with E-state index in [2.05, 4.69) is 5.32 Å². The number of benzene rings is 2. The van der Waals surface area contributed by atoms with E-state index in [9.17, 15) is 13.2 Å². The van der Waals surface area contributed by atoms with Crippen molar-refractivity contribution in [2.45, 2.75) is 26.3 Å². The van der Waals surface area contributed by atoms with Gasteiger partial charge in [0.25, 0.3) is 0 Å². The van der Waals surface area contributed by atoms with Crippen molar-refractivity contribution in [2.24, 2.45) is 0 Å². The smallest absolute Gasteiger partial charge is 0.248 e. The second kappa shape index (κ2) is 8.97. The monoisotopic (exact) mass is 406 g/mol. The van der Waals surface area contributed by atoms with E-state index < -0.39 is 22.0 Å². The minimum Gasteiger partial charge on any atom is -0.497 e. The van der Waals surface area contributed by atoms with Crippen molar-refractivity contribution in [2.75, 3.05) is 30.1 Å². The lowest BCUT2D eigenvalue weighted by Gasteiger charge is -2.30. The summed E-state index contributed by atoms with van der Waals surface area (Å²) in [7, 11) is -0.671. The lowest BCUT2D eigenvalue weighted by atomic mass is 10.1. The van der Waals surface area contributed by atoms with Crippen LogP contribution in [0.15, 0.2) is 42.5 Å².